The third kappa shape index (κ3) is 4.38. The number of nitrogens with one attached hydrogen (secondary N) is 2. The maximum Gasteiger partial charge on any atom is 0.269 e. The summed E-state index contributed by atoms with van der Waals surface area (Å²) in [5.74, 6) is -0.318. The molecule has 0 atom stereocenters. The molecule has 0 spiro atoms. The summed E-state index contributed by atoms with van der Waals surface area (Å²) in [6, 6.07) is 23.7. The van der Waals surface area contributed by atoms with Gasteiger partial charge in [0.15, 0.2) is 5.11 Å². The molecule has 0 bridgehead atoms. The quantitative estimate of drug-likeness (QED) is 0.268. The van der Waals surface area contributed by atoms with E-state index in [1.165, 1.54) is 16.0 Å². The zero-order valence-corrected chi connectivity index (χ0v) is 19.8. The average molecular weight is 494 g/mol. The smallest absolute Gasteiger partial charge is 0.269 e. The maximum atomic E-state index is 12.6. The number of amides is 1. The summed E-state index contributed by atoms with van der Waals surface area (Å²) in [4.78, 5) is 17.8. The lowest BCUT2D eigenvalue weighted by molar-refractivity contribution is 0.0982. The molecule has 0 saturated heterocycles. The van der Waals surface area contributed by atoms with E-state index in [0.717, 1.165) is 38.3 Å². The SMILES string of the molecule is O=C(NC(=S)Nc1ccc(Cc2nc3ccccc3s2)cc1)c1sc2ccccc2c1Cl. The van der Waals surface area contributed by atoms with Crippen molar-refractivity contribution in [3.05, 3.63) is 93.3 Å². The van der Waals surface area contributed by atoms with Gasteiger partial charge in [0.2, 0.25) is 0 Å². The van der Waals surface area contributed by atoms with E-state index in [9.17, 15) is 4.79 Å². The summed E-state index contributed by atoms with van der Waals surface area (Å²) in [6.45, 7) is 0. The number of rotatable bonds is 4. The molecule has 1 amide bonds. The molecule has 2 N–H and O–H groups in total. The first-order chi connectivity index (χ1) is 15.6. The van der Waals surface area contributed by atoms with Crippen molar-refractivity contribution in [2.45, 2.75) is 6.42 Å². The Balaban J connectivity index is 1.22. The second-order valence-corrected chi connectivity index (χ2v) is 10.1. The van der Waals surface area contributed by atoms with Gasteiger partial charge in [-0.05, 0) is 48.1 Å². The second-order valence-electron chi connectivity index (χ2n) is 7.10. The number of anilines is 1. The minimum Gasteiger partial charge on any atom is -0.332 e. The molecule has 5 rings (SSSR count). The molecule has 0 unspecified atom stereocenters. The van der Waals surface area contributed by atoms with E-state index < -0.39 is 0 Å². The van der Waals surface area contributed by atoms with Crippen LogP contribution in [0.25, 0.3) is 20.3 Å². The van der Waals surface area contributed by atoms with E-state index in [1.807, 2.05) is 66.7 Å². The van der Waals surface area contributed by atoms with Crippen LogP contribution < -0.4 is 10.6 Å². The van der Waals surface area contributed by atoms with Gasteiger partial charge < -0.3 is 5.32 Å². The van der Waals surface area contributed by atoms with Gasteiger partial charge >= 0.3 is 0 Å². The Labute approximate surface area is 202 Å². The molecular formula is C24H16ClN3OS3. The van der Waals surface area contributed by atoms with Crippen LogP contribution in [-0.2, 0) is 6.42 Å². The highest BCUT2D eigenvalue weighted by Crippen LogP contribution is 2.35. The lowest BCUT2D eigenvalue weighted by atomic mass is 10.1. The summed E-state index contributed by atoms with van der Waals surface area (Å²) < 4.78 is 2.16. The number of thiocarbonyl (C=S) groups is 1. The Kier molecular flexibility index (Phi) is 5.89. The van der Waals surface area contributed by atoms with Crippen LogP contribution in [0.1, 0.15) is 20.2 Å². The predicted octanol–water partition coefficient (Wildman–Crippen LogP) is 6.88. The first kappa shape index (κ1) is 21.0. The van der Waals surface area contributed by atoms with Gasteiger partial charge in [-0.1, -0.05) is 54.1 Å². The number of fused-ring (bicyclic) bond motifs is 2. The van der Waals surface area contributed by atoms with Crippen molar-refractivity contribution in [3.63, 3.8) is 0 Å². The van der Waals surface area contributed by atoms with E-state index >= 15 is 0 Å². The van der Waals surface area contributed by atoms with Crippen LogP contribution in [0.4, 0.5) is 5.69 Å². The van der Waals surface area contributed by atoms with Crippen molar-refractivity contribution in [2.24, 2.45) is 0 Å². The highest BCUT2D eigenvalue weighted by Gasteiger charge is 2.17. The summed E-state index contributed by atoms with van der Waals surface area (Å²) >= 11 is 14.8. The normalized spacial score (nSPS) is 11.0. The summed E-state index contributed by atoms with van der Waals surface area (Å²) in [6.07, 6.45) is 0.769. The van der Waals surface area contributed by atoms with E-state index in [4.69, 9.17) is 23.8 Å². The first-order valence-electron chi connectivity index (χ1n) is 9.79. The fourth-order valence-electron chi connectivity index (χ4n) is 3.36. The molecule has 3 aromatic carbocycles. The molecule has 32 heavy (non-hydrogen) atoms. The monoisotopic (exact) mass is 493 g/mol. The molecule has 0 aliphatic carbocycles. The minimum atomic E-state index is -0.318. The molecule has 2 heterocycles. The molecule has 0 radical (unpaired) electrons. The van der Waals surface area contributed by atoms with Gasteiger partial charge in [-0.15, -0.1) is 22.7 Å². The van der Waals surface area contributed by atoms with Crippen molar-refractivity contribution in [3.8, 4) is 0 Å². The number of para-hydroxylation sites is 1. The van der Waals surface area contributed by atoms with Crippen LogP contribution in [0, 0.1) is 0 Å². The molecule has 0 aliphatic rings. The van der Waals surface area contributed by atoms with Crippen molar-refractivity contribution in [2.75, 3.05) is 5.32 Å². The summed E-state index contributed by atoms with van der Waals surface area (Å²) in [5.41, 5.74) is 2.98. The van der Waals surface area contributed by atoms with Gasteiger partial charge in [-0.25, -0.2) is 4.98 Å². The number of thiophene rings is 1. The Bertz CT molecular complexity index is 1420. The molecule has 2 aromatic heterocycles. The Morgan fingerprint density at radius 2 is 1.66 bits per heavy atom. The highest BCUT2D eigenvalue weighted by atomic mass is 35.5. The van der Waals surface area contributed by atoms with Gasteiger partial charge in [0.05, 0.1) is 20.2 Å². The number of halogens is 1. The van der Waals surface area contributed by atoms with E-state index in [-0.39, 0.29) is 11.0 Å². The van der Waals surface area contributed by atoms with E-state index in [2.05, 4.69) is 21.7 Å². The molecule has 0 aliphatic heterocycles. The number of hydrogen-bond acceptors (Lipinski definition) is 5. The van der Waals surface area contributed by atoms with Gasteiger partial charge in [-0.2, -0.15) is 0 Å². The largest absolute Gasteiger partial charge is 0.332 e. The summed E-state index contributed by atoms with van der Waals surface area (Å²) in [7, 11) is 0. The van der Waals surface area contributed by atoms with E-state index in [1.54, 1.807) is 11.3 Å². The molecule has 0 saturated carbocycles. The zero-order chi connectivity index (χ0) is 22.1. The Hall–Kier alpha value is -2.84. The van der Waals surface area contributed by atoms with Crippen molar-refractivity contribution in [1.29, 1.82) is 0 Å². The summed E-state index contributed by atoms with van der Waals surface area (Å²) in [5, 5.41) is 8.39. The standard InChI is InChI=1S/C24H16ClN3OS3/c25-21-16-5-1-3-7-18(16)32-22(21)23(29)28-24(30)26-15-11-9-14(10-12-15)13-20-27-17-6-2-4-8-19(17)31-20/h1-12H,13H2,(H2,26,28,29,30). The Morgan fingerprint density at radius 1 is 0.938 bits per heavy atom. The fourth-order valence-corrected chi connectivity index (χ4v) is 5.98. The van der Waals surface area contributed by atoms with Crippen molar-refractivity contribution in [1.82, 2.24) is 10.3 Å². The number of thiazole rings is 1. The van der Waals surface area contributed by atoms with Crippen molar-refractivity contribution < 1.29 is 4.79 Å². The van der Waals surface area contributed by atoms with Crippen LogP contribution in [0.5, 0.6) is 0 Å². The molecular weight excluding hydrogens is 478 g/mol. The van der Waals surface area contributed by atoms with Gasteiger partial charge in [-0.3, -0.25) is 10.1 Å². The van der Waals surface area contributed by atoms with Gasteiger partial charge in [0, 0.05) is 22.2 Å². The lowest BCUT2D eigenvalue weighted by Crippen LogP contribution is -2.33. The van der Waals surface area contributed by atoms with Crippen LogP contribution in [0.15, 0.2) is 72.8 Å². The second kappa shape index (κ2) is 8.96. The number of carbonyl (C=O) groups is 1. The third-order valence-corrected chi connectivity index (χ3v) is 7.79. The molecule has 4 nitrogen and oxygen atoms in total. The maximum absolute atomic E-state index is 12.6. The fraction of sp³-hybridized carbons (Fsp3) is 0.0417. The van der Waals surface area contributed by atoms with Crippen LogP contribution in [0.3, 0.4) is 0 Å². The average Bonchev–Trinajstić information content (AvgIpc) is 3.35. The number of nitrogens with zero attached hydrogens (tertiary/aromatic N) is 1. The molecule has 8 heteroatoms. The highest BCUT2D eigenvalue weighted by molar-refractivity contribution is 7.80. The van der Waals surface area contributed by atoms with Gasteiger partial charge in [0.25, 0.3) is 5.91 Å². The van der Waals surface area contributed by atoms with Crippen molar-refractivity contribution >= 4 is 83.5 Å². The van der Waals surface area contributed by atoms with Crippen LogP contribution >= 0.6 is 46.5 Å². The number of hydrogen-bond donors (Lipinski definition) is 2. The van der Waals surface area contributed by atoms with Crippen LogP contribution in [-0.4, -0.2) is 16.0 Å². The third-order valence-electron chi connectivity index (χ3n) is 4.87. The number of benzene rings is 3. The zero-order valence-electron chi connectivity index (χ0n) is 16.6. The number of aromatic nitrogens is 1. The first-order valence-corrected chi connectivity index (χ1v) is 12.2. The molecule has 0 fully saturated rings. The van der Waals surface area contributed by atoms with Gasteiger partial charge in [0.1, 0.15) is 4.88 Å². The number of carbonyl (C=O) groups excluding carboxylic acids is 1. The predicted molar refractivity (Wildman–Crippen MR) is 139 cm³/mol. The topological polar surface area (TPSA) is 54.0 Å². The van der Waals surface area contributed by atoms with E-state index in [0.29, 0.717) is 9.90 Å². The minimum absolute atomic E-state index is 0.224. The molecule has 158 valence electrons. The molecule has 5 aromatic rings. The lowest BCUT2D eigenvalue weighted by Gasteiger charge is -2.09. The Morgan fingerprint density at radius 3 is 2.41 bits per heavy atom. The van der Waals surface area contributed by atoms with Crippen LogP contribution in [0.2, 0.25) is 5.02 Å².